The maximum atomic E-state index is 12.7. The molecule has 1 aromatic heterocycles. The van der Waals surface area contributed by atoms with Crippen molar-refractivity contribution in [1.82, 2.24) is 14.8 Å². The van der Waals surface area contributed by atoms with E-state index < -0.39 is 0 Å². The number of rotatable bonds is 10. The van der Waals surface area contributed by atoms with Crippen molar-refractivity contribution in [2.45, 2.75) is 32.5 Å². The molecule has 7 nitrogen and oxygen atoms in total. The molecule has 0 aliphatic carbocycles. The van der Waals surface area contributed by atoms with E-state index in [9.17, 15) is 4.79 Å². The molecular formula is C27H28ClN5O2S. The normalized spacial score (nSPS) is 10.8. The van der Waals surface area contributed by atoms with E-state index in [4.69, 9.17) is 16.3 Å². The predicted octanol–water partition coefficient (Wildman–Crippen LogP) is 6.28. The van der Waals surface area contributed by atoms with Crippen LogP contribution in [0.3, 0.4) is 0 Å². The second-order valence-electron chi connectivity index (χ2n) is 8.13. The third-order valence-corrected chi connectivity index (χ3v) is 6.82. The van der Waals surface area contributed by atoms with Crippen LogP contribution in [-0.4, -0.2) is 33.0 Å². The summed E-state index contributed by atoms with van der Waals surface area (Å²) in [5.74, 6) is 1.61. The Kier molecular flexibility index (Phi) is 8.51. The van der Waals surface area contributed by atoms with Crippen molar-refractivity contribution >= 4 is 40.6 Å². The zero-order chi connectivity index (χ0) is 25.5. The Hall–Kier alpha value is -3.49. The van der Waals surface area contributed by atoms with E-state index in [-0.39, 0.29) is 11.7 Å². The Morgan fingerprint density at radius 3 is 2.50 bits per heavy atom. The smallest absolute Gasteiger partial charge is 0.234 e. The maximum Gasteiger partial charge on any atom is 0.234 e. The Bertz CT molecular complexity index is 1320. The van der Waals surface area contributed by atoms with Gasteiger partial charge in [-0.2, -0.15) is 0 Å². The first kappa shape index (κ1) is 25.6. The lowest BCUT2D eigenvalue weighted by Crippen LogP contribution is -2.15. The first-order chi connectivity index (χ1) is 17.4. The van der Waals surface area contributed by atoms with Crippen LogP contribution in [0.15, 0.2) is 71.9 Å². The van der Waals surface area contributed by atoms with Crippen LogP contribution in [0.5, 0.6) is 5.75 Å². The number of carbonyl (C=O) groups is 1. The minimum absolute atomic E-state index is 0.141. The average molecular weight is 522 g/mol. The van der Waals surface area contributed by atoms with E-state index in [1.54, 1.807) is 6.07 Å². The van der Waals surface area contributed by atoms with Crippen molar-refractivity contribution in [3.63, 3.8) is 0 Å². The van der Waals surface area contributed by atoms with Crippen LogP contribution in [0.4, 0.5) is 11.4 Å². The van der Waals surface area contributed by atoms with Gasteiger partial charge in [-0.05, 0) is 74.9 Å². The molecule has 3 aromatic carbocycles. The highest BCUT2D eigenvalue weighted by Crippen LogP contribution is 2.26. The van der Waals surface area contributed by atoms with E-state index in [2.05, 4.69) is 20.8 Å². The van der Waals surface area contributed by atoms with Crippen molar-refractivity contribution in [1.29, 1.82) is 0 Å². The molecule has 0 spiro atoms. The largest absolute Gasteiger partial charge is 0.494 e. The number of amides is 1. The van der Waals surface area contributed by atoms with E-state index in [0.717, 1.165) is 34.1 Å². The summed E-state index contributed by atoms with van der Waals surface area (Å²) in [7, 11) is 0. The van der Waals surface area contributed by atoms with Crippen LogP contribution in [-0.2, 0) is 11.3 Å². The fourth-order valence-electron chi connectivity index (χ4n) is 3.54. The molecule has 2 N–H and O–H groups in total. The van der Waals surface area contributed by atoms with Crippen molar-refractivity contribution in [2.24, 2.45) is 0 Å². The second kappa shape index (κ2) is 12.0. The van der Waals surface area contributed by atoms with Gasteiger partial charge in [0.05, 0.1) is 18.9 Å². The number of carbonyl (C=O) groups excluding carboxylic acids is 1. The number of nitrogens with one attached hydrogen (secondary N) is 2. The second-order valence-corrected chi connectivity index (χ2v) is 9.48. The van der Waals surface area contributed by atoms with Crippen molar-refractivity contribution in [3.05, 3.63) is 88.7 Å². The molecular weight excluding hydrogens is 494 g/mol. The van der Waals surface area contributed by atoms with Gasteiger partial charge in [-0.25, -0.2) is 0 Å². The first-order valence-electron chi connectivity index (χ1n) is 11.6. The summed E-state index contributed by atoms with van der Waals surface area (Å²) in [6.07, 6.45) is 0. The lowest BCUT2D eigenvalue weighted by Gasteiger charge is -2.13. The van der Waals surface area contributed by atoms with Crippen LogP contribution in [0, 0.1) is 13.8 Å². The Labute approximate surface area is 220 Å². The Morgan fingerprint density at radius 2 is 1.78 bits per heavy atom. The van der Waals surface area contributed by atoms with Gasteiger partial charge in [0.1, 0.15) is 5.75 Å². The molecule has 4 aromatic rings. The molecule has 0 saturated carbocycles. The van der Waals surface area contributed by atoms with Gasteiger partial charge >= 0.3 is 0 Å². The molecule has 1 heterocycles. The monoisotopic (exact) mass is 521 g/mol. The third kappa shape index (κ3) is 6.38. The minimum atomic E-state index is -0.141. The van der Waals surface area contributed by atoms with E-state index >= 15 is 0 Å². The van der Waals surface area contributed by atoms with Crippen LogP contribution in [0.1, 0.15) is 23.9 Å². The van der Waals surface area contributed by atoms with Gasteiger partial charge < -0.3 is 15.4 Å². The van der Waals surface area contributed by atoms with Gasteiger partial charge in [-0.1, -0.05) is 47.1 Å². The van der Waals surface area contributed by atoms with Crippen molar-refractivity contribution < 1.29 is 9.53 Å². The quantitative estimate of drug-likeness (QED) is 0.239. The number of hydrogen-bond donors (Lipinski definition) is 2. The topological polar surface area (TPSA) is 81.1 Å². The summed E-state index contributed by atoms with van der Waals surface area (Å²) in [5, 5.41) is 16.4. The molecule has 4 rings (SSSR count). The minimum Gasteiger partial charge on any atom is -0.494 e. The van der Waals surface area contributed by atoms with E-state index in [0.29, 0.717) is 29.0 Å². The number of hydrogen-bond acceptors (Lipinski definition) is 6. The molecule has 0 radical (unpaired) electrons. The molecule has 0 atom stereocenters. The summed E-state index contributed by atoms with van der Waals surface area (Å²) in [6.45, 7) is 6.97. The summed E-state index contributed by atoms with van der Waals surface area (Å²) in [6, 6.07) is 21.4. The molecule has 186 valence electrons. The number of nitrogens with zero attached hydrogens (tertiary/aromatic N) is 3. The molecule has 0 aliphatic heterocycles. The van der Waals surface area contributed by atoms with Crippen LogP contribution in [0.25, 0.3) is 5.69 Å². The highest BCUT2D eigenvalue weighted by Gasteiger charge is 2.16. The van der Waals surface area contributed by atoms with Gasteiger partial charge in [0.15, 0.2) is 11.0 Å². The standard InChI is InChI=1S/C27H28ClN5O2S/c1-4-35-22-14-10-20(11-15-22)29-16-25-31-32-27(33(25)21-12-8-18(2)9-13-21)36-17-26(34)30-24-7-5-6-23(28)19(24)3/h5-15,29H,4,16-17H2,1-3H3,(H,30,34). The maximum absolute atomic E-state index is 12.7. The average Bonchev–Trinajstić information content (AvgIpc) is 3.28. The molecule has 9 heteroatoms. The SMILES string of the molecule is CCOc1ccc(NCc2nnc(SCC(=O)Nc3cccc(Cl)c3C)n2-c2ccc(C)cc2)cc1. The first-order valence-corrected chi connectivity index (χ1v) is 13.0. The number of anilines is 2. The van der Waals surface area contributed by atoms with Gasteiger partial charge in [0.25, 0.3) is 0 Å². The highest BCUT2D eigenvalue weighted by molar-refractivity contribution is 7.99. The van der Waals surface area contributed by atoms with Crippen LogP contribution < -0.4 is 15.4 Å². The third-order valence-electron chi connectivity index (χ3n) is 5.48. The summed E-state index contributed by atoms with van der Waals surface area (Å²) in [4.78, 5) is 12.7. The molecule has 36 heavy (non-hydrogen) atoms. The number of aryl methyl sites for hydroxylation is 1. The molecule has 0 saturated heterocycles. The molecule has 0 bridgehead atoms. The summed E-state index contributed by atoms with van der Waals surface area (Å²) in [5.41, 5.74) is 4.58. The number of halogens is 1. The summed E-state index contributed by atoms with van der Waals surface area (Å²) < 4.78 is 7.49. The number of thioether (sulfide) groups is 1. The van der Waals surface area contributed by atoms with E-state index in [1.807, 2.05) is 86.0 Å². The number of benzene rings is 3. The molecule has 0 aliphatic rings. The Balaban J connectivity index is 1.49. The van der Waals surface area contributed by atoms with Gasteiger partial charge in [0.2, 0.25) is 5.91 Å². The van der Waals surface area contributed by atoms with Crippen molar-refractivity contribution in [2.75, 3.05) is 23.0 Å². The van der Waals surface area contributed by atoms with Crippen LogP contribution >= 0.6 is 23.4 Å². The molecule has 1 amide bonds. The van der Waals surface area contributed by atoms with Gasteiger partial charge in [-0.3, -0.25) is 9.36 Å². The number of aromatic nitrogens is 3. The zero-order valence-corrected chi connectivity index (χ0v) is 22.0. The fourth-order valence-corrected chi connectivity index (χ4v) is 4.48. The van der Waals surface area contributed by atoms with Crippen molar-refractivity contribution in [3.8, 4) is 11.4 Å². The fraction of sp³-hybridized carbons (Fsp3) is 0.222. The zero-order valence-electron chi connectivity index (χ0n) is 20.4. The number of ether oxygens (including phenoxy) is 1. The molecule has 0 fully saturated rings. The summed E-state index contributed by atoms with van der Waals surface area (Å²) >= 11 is 7.51. The predicted molar refractivity (Wildman–Crippen MR) is 147 cm³/mol. The molecule has 0 unspecified atom stereocenters. The lowest BCUT2D eigenvalue weighted by atomic mass is 10.2. The van der Waals surface area contributed by atoms with Crippen LogP contribution in [0.2, 0.25) is 5.02 Å². The lowest BCUT2D eigenvalue weighted by molar-refractivity contribution is -0.113. The van der Waals surface area contributed by atoms with E-state index in [1.165, 1.54) is 11.8 Å². The van der Waals surface area contributed by atoms with Gasteiger partial charge in [-0.15, -0.1) is 10.2 Å². The van der Waals surface area contributed by atoms with Gasteiger partial charge in [0, 0.05) is 22.1 Å². The highest BCUT2D eigenvalue weighted by atomic mass is 35.5. The Morgan fingerprint density at radius 1 is 1.03 bits per heavy atom.